The Balaban J connectivity index is 0.00000220. The molecule has 0 bridgehead atoms. The lowest BCUT2D eigenvalue weighted by molar-refractivity contribution is 0.0732. The minimum atomic E-state index is -3.85. The quantitative estimate of drug-likeness (QED) is 0.797. The number of nitrogens with two attached hydrogens (primary N) is 1. The number of halogens is 1. The van der Waals surface area contributed by atoms with Crippen molar-refractivity contribution in [1.82, 2.24) is 10.2 Å². The molecule has 1 aromatic rings. The lowest BCUT2D eigenvalue weighted by atomic mass is 10.1. The van der Waals surface area contributed by atoms with Crippen molar-refractivity contribution in [2.24, 2.45) is 5.14 Å². The summed E-state index contributed by atoms with van der Waals surface area (Å²) in [6.45, 7) is 2.56. The first kappa shape index (κ1) is 17.7. The normalized spacial score (nSPS) is 15.2. The van der Waals surface area contributed by atoms with Gasteiger partial charge in [-0.15, -0.1) is 12.4 Å². The van der Waals surface area contributed by atoms with Gasteiger partial charge in [0.05, 0.1) is 17.6 Å². The molecule has 0 spiro atoms. The van der Waals surface area contributed by atoms with Crippen molar-refractivity contribution in [2.45, 2.75) is 4.90 Å². The number of piperazine rings is 1. The number of nitrogens with one attached hydrogen (secondary N) is 1. The van der Waals surface area contributed by atoms with Crippen LogP contribution < -0.4 is 15.2 Å². The molecule has 2 rings (SSSR count). The summed E-state index contributed by atoms with van der Waals surface area (Å²) >= 11 is 0. The molecule has 1 saturated heterocycles. The molecule has 1 amide bonds. The van der Waals surface area contributed by atoms with Gasteiger partial charge >= 0.3 is 0 Å². The van der Waals surface area contributed by atoms with E-state index in [-0.39, 0.29) is 28.8 Å². The van der Waals surface area contributed by atoms with Gasteiger partial charge in [-0.3, -0.25) is 4.79 Å². The molecule has 3 N–H and O–H groups in total. The van der Waals surface area contributed by atoms with E-state index in [9.17, 15) is 13.2 Å². The number of rotatable bonds is 3. The largest absolute Gasteiger partial charge is 0.496 e. The van der Waals surface area contributed by atoms with Crippen molar-refractivity contribution in [3.05, 3.63) is 23.8 Å². The van der Waals surface area contributed by atoms with Crippen LogP contribution in [0.3, 0.4) is 0 Å². The molecule has 1 aromatic carbocycles. The van der Waals surface area contributed by atoms with Gasteiger partial charge in [-0.25, -0.2) is 13.6 Å². The SMILES string of the molecule is COc1ccc(S(N)(=O)=O)cc1C(=O)N1CCNCC1.Cl. The molecule has 0 atom stereocenters. The zero-order valence-corrected chi connectivity index (χ0v) is 13.2. The third kappa shape index (κ3) is 4.07. The smallest absolute Gasteiger partial charge is 0.257 e. The van der Waals surface area contributed by atoms with Gasteiger partial charge in [0.15, 0.2) is 0 Å². The highest BCUT2D eigenvalue weighted by Gasteiger charge is 2.23. The van der Waals surface area contributed by atoms with Crippen LogP contribution in [0, 0.1) is 0 Å². The number of amides is 1. The fourth-order valence-electron chi connectivity index (χ4n) is 2.07. The van der Waals surface area contributed by atoms with E-state index < -0.39 is 10.0 Å². The van der Waals surface area contributed by atoms with Crippen LogP contribution in [0.15, 0.2) is 23.1 Å². The van der Waals surface area contributed by atoms with Gasteiger partial charge in [-0.1, -0.05) is 0 Å². The van der Waals surface area contributed by atoms with Crippen LogP contribution in [0.4, 0.5) is 0 Å². The summed E-state index contributed by atoms with van der Waals surface area (Å²) in [6.07, 6.45) is 0. The van der Waals surface area contributed by atoms with Crippen molar-refractivity contribution < 1.29 is 17.9 Å². The Labute approximate surface area is 129 Å². The van der Waals surface area contributed by atoms with Crippen LogP contribution >= 0.6 is 12.4 Å². The Morgan fingerprint density at radius 1 is 1.33 bits per heavy atom. The number of nitrogens with zero attached hydrogens (tertiary/aromatic N) is 1. The number of hydrogen-bond acceptors (Lipinski definition) is 5. The first-order valence-corrected chi connectivity index (χ1v) is 7.69. The second-order valence-corrected chi connectivity index (χ2v) is 6.01. The minimum absolute atomic E-state index is 0. The maximum Gasteiger partial charge on any atom is 0.257 e. The lowest BCUT2D eigenvalue weighted by Gasteiger charge is -2.28. The number of carbonyl (C=O) groups excluding carboxylic acids is 1. The van der Waals surface area contributed by atoms with E-state index in [2.05, 4.69) is 5.32 Å². The molecule has 1 aliphatic rings. The predicted molar refractivity (Wildman–Crippen MR) is 80.4 cm³/mol. The van der Waals surface area contributed by atoms with Crippen LogP contribution in [0.5, 0.6) is 5.75 Å². The molecule has 1 heterocycles. The third-order valence-corrected chi connectivity index (χ3v) is 4.05. The monoisotopic (exact) mass is 335 g/mol. The molecule has 9 heteroatoms. The standard InChI is InChI=1S/C12H17N3O4S.ClH/c1-19-11-3-2-9(20(13,17)18)8-10(11)12(16)15-6-4-14-5-7-15;/h2-3,8,14H,4-7H2,1H3,(H2,13,17,18);1H. The Hall–Kier alpha value is -1.35. The van der Waals surface area contributed by atoms with Gasteiger partial charge in [0.2, 0.25) is 10.0 Å². The van der Waals surface area contributed by atoms with Gasteiger partial charge in [-0.2, -0.15) is 0 Å². The Morgan fingerprint density at radius 3 is 2.48 bits per heavy atom. The van der Waals surface area contributed by atoms with Gasteiger partial charge in [0, 0.05) is 26.2 Å². The van der Waals surface area contributed by atoms with E-state index in [1.165, 1.54) is 25.3 Å². The summed E-state index contributed by atoms with van der Waals surface area (Å²) in [4.78, 5) is 14.0. The molecule has 1 aliphatic heterocycles. The summed E-state index contributed by atoms with van der Waals surface area (Å²) < 4.78 is 27.9. The van der Waals surface area contributed by atoms with E-state index in [0.717, 1.165) is 0 Å². The molecule has 0 unspecified atom stereocenters. The summed E-state index contributed by atoms with van der Waals surface area (Å²) in [7, 11) is -2.42. The lowest BCUT2D eigenvalue weighted by Crippen LogP contribution is -2.46. The first-order chi connectivity index (χ1) is 9.43. The van der Waals surface area contributed by atoms with E-state index in [1.807, 2.05) is 0 Å². The molecule has 118 valence electrons. The fraction of sp³-hybridized carbons (Fsp3) is 0.417. The Morgan fingerprint density at radius 2 is 1.95 bits per heavy atom. The van der Waals surface area contributed by atoms with E-state index >= 15 is 0 Å². The van der Waals surface area contributed by atoms with Crippen LogP contribution in [-0.2, 0) is 10.0 Å². The molecule has 21 heavy (non-hydrogen) atoms. The first-order valence-electron chi connectivity index (χ1n) is 6.14. The average Bonchev–Trinajstić information content (AvgIpc) is 2.45. The maximum absolute atomic E-state index is 12.4. The van der Waals surface area contributed by atoms with Gasteiger partial charge in [0.1, 0.15) is 5.75 Å². The molecule has 7 nitrogen and oxygen atoms in total. The van der Waals surface area contributed by atoms with E-state index in [1.54, 1.807) is 4.90 Å². The summed E-state index contributed by atoms with van der Waals surface area (Å²) in [6, 6.07) is 4.02. The number of primary sulfonamides is 1. The molecule has 1 fully saturated rings. The number of ether oxygens (including phenoxy) is 1. The number of carbonyl (C=O) groups is 1. The highest BCUT2D eigenvalue weighted by molar-refractivity contribution is 7.89. The number of sulfonamides is 1. The van der Waals surface area contributed by atoms with Gasteiger partial charge in [-0.05, 0) is 18.2 Å². The second-order valence-electron chi connectivity index (χ2n) is 4.45. The minimum Gasteiger partial charge on any atom is -0.496 e. The highest BCUT2D eigenvalue weighted by Crippen LogP contribution is 2.23. The topological polar surface area (TPSA) is 102 Å². The fourth-order valence-corrected chi connectivity index (χ4v) is 2.61. The number of methoxy groups -OCH3 is 1. The van der Waals surface area contributed by atoms with Crippen molar-refractivity contribution in [3.8, 4) is 5.75 Å². The van der Waals surface area contributed by atoms with Crippen molar-refractivity contribution in [3.63, 3.8) is 0 Å². The zero-order valence-electron chi connectivity index (χ0n) is 11.5. The van der Waals surface area contributed by atoms with Crippen LogP contribution in [0.1, 0.15) is 10.4 Å². The predicted octanol–water partition coefficient (Wildman–Crippen LogP) is -0.190. The maximum atomic E-state index is 12.4. The third-order valence-electron chi connectivity index (χ3n) is 3.13. The average molecular weight is 336 g/mol. The molecule has 0 aromatic heterocycles. The molecular weight excluding hydrogens is 318 g/mol. The Kier molecular flexibility index (Phi) is 5.97. The number of benzene rings is 1. The molecule has 0 saturated carbocycles. The van der Waals surface area contributed by atoms with Crippen LogP contribution in [-0.4, -0.2) is 52.5 Å². The zero-order chi connectivity index (χ0) is 14.8. The highest BCUT2D eigenvalue weighted by atomic mass is 35.5. The van der Waals surface area contributed by atoms with Crippen molar-refractivity contribution in [2.75, 3.05) is 33.3 Å². The van der Waals surface area contributed by atoms with E-state index in [4.69, 9.17) is 9.88 Å². The van der Waals surface area contributed by atoms with Crippen molar-refractivity contribution >= 4 is 28.3 Å². The Bertz CT molecular complexity index is 615. The van der Waals surface area contributed by atoms with Crippen LogP contribution in [0.2, 0.25) is 0 Å². The van der Waals surface area contributed by atoms with Gasteiger partial charge in [0.25, 0.3) is 5.91 Å². The summed E-state index contributed by atoms with van der Waals surface area (Å²) in [5, 5.41) is 8.24. The summed E-state index contributed by atoms with van der Waals surface area (Å²) in [5.74, 6) is 0.0785. The van der Waals surface area contributed by atoms with Gasteiger partial charge < -0.3 is 15.0 Å². The van der Waals surface area contributed by atoms with Crippen molar-refractivity contribution in [1.29, 1.82) is 0 Å². The molecule has 0 radical (unpaired) electrons. The second kappa shape index (κ2) is 7.08. The summed E-state index contributed by atoms with van der Waals surface area (Å²) in [5.41, 5.74) is 0.209. The van der Waals surface area contributed by atoms with E-state index in [0.29, 0.717) is 31.9 Å². The van der Waals surface area contributed by atoms with Crippen LogP contribution in [0.25, 0.3) is 0 Å². The molecule has 0 aliphatic carbocycles. The molecular formula is C12H18ClN3O4S. The number of hydrogen-bond donors (Lipinski definition) is 2.